The van der Waals surface area contributed by atoms with Crippen LogP contribution in [-0.2, 0) is 4.74 Å². The highest BCUT2D eigenvalue weighted by molar-refractivity contribution is 4.83. The van der Waals surface area contributed by atoms with E-state index in [2.05, 4.69) is 0 Å². The van der Waals surface area contributed by atoms with Gasteiger partial charge in [0, 0.05) is 19.1 Å². The fourth-order valence-corrected chi connectivity index (χ4v) is 1.24. The first kappa shape index (κ1) is 7.03. The molecule has 1 heterocycles. The standard InChI is InChI=1S/C7H14O2/c1-7(2)6(5-8)3-4-9-7/h6,8H,3-5H2,1-2H3. The maximum Gasteiger partial charge on any atom is 0.0677 e. The normalized spacial score (nSPS) is 33.0. The van der Waals surface area contributed by atoms with Gasteiger partial charge in [-0.1, -0.05) is 0 Å². The quantitative estimate of drug-likeness (QED) is 0.568. The molecule has 0 saturated carbocycles. The second-order valence-electron chi connectivity index (χ2n) is 3.12. The molecule has 0 bridgehead atoms. The molecule has 0 aromatic heterocycles. The van der Waals surface area contributed by atoms with Gasteiger partial charge in [-0.2, -0.15) is 0 Å². The third-order valence-corrected chi connectivity index (χ3v) is 2.14. The highest BCUT2D eigenvalue weighted by atomic mass is 16.5. The van der Waals surface area contributed by atoms with Crippen LogP contribution in [0.4, 0.5) is 0 Å². The maximum absolute atomic E-state index is 8.82. The molecule has 2 heteroatoms. The van der Waals surface area contributed by atoms with Crippen molar-refractivity contribution in [2.75, 3.05) is 13.2 Å². The first-order chi connectivity index (χ1) is 4.17. The molecule has 2 nitrogen and oxygen atoms in total. The predicted octanol–water partition coefficient (Wildman–Crippen LogP) is 0.794. The smallest absolute Gasteiger partial charge is 0.0677 e. The first-order valence-corrected chi connectivity index (χ1v) is 3.41. The zero-order valence-electron chi connectivity index (χ0n) is 6.05. The molecule has 1 saturated heterocycles. The Bertz CT molecular complexity index is 99.1. The third-order valence-electron chi connectivity index (χ3n) is 2.14. The van der Waals surface area contributed by atoms with Crippen molar-refractivity contribution in [2.24, 2.45) is 5.92 Å². The number of hydrogen-bond acceptors (Lipinski definition) is 2. The average molecular weight is 130 g/mol. The lowest BCUT2D eigenvalue weighted by Crippen LogP contribution is -2.29. The van der Waals surface area contributed by atoms with Gasteiger partial charge < -0.3 is 9.84 Å². The SMILES string of the molecule is CC1(C)OCCC1CO. The molecule has 1 aliphatic rings. The van der Waals surface area contributed by atoms with Gasteiger partial charge in [0.2, 0.25) is 0 Å². The number of hydrogen-bond donors (Lipinski definition) is 1. The van der Waals surface area contributed by atoms with Crippen molar-refractivity contribution in [3.63, 3.8) is 0 Å². The van der Waals surface area contributed by atoms with Crippen LogP contribution in [0.5, 0.6) is 0 Å². The Kier molecular flexibility index (Phi) is 1.78. The van der Waals surface area contributed by atoms with E-state index in [4.69, 9.17) is 9.84 Å². The number of ether oxygens (including phenoxy) is 1. The van der Waals surface area contributed by atoms with Crippen LogP contribution in [0.15, 0.2) is 0 Å². The molecule has 1 fully saturated rings. The number of aliphatic hydroxyl groups is 1. The minimum Gasteiger partial charge on any atom is -0.396 e. The summed E-state index contributed by atoms with van der Waals surface area (Å²) in [5, 5.41) is 8.82. The van der Waals surface area contributed by atoms with Gasteiger partial charge in [0.25, 0.3) is 0 Å². The van der Waals surface area contributed by atoms with E-state index >= 15 is 0 Å². The molecule has 54 valence electrons. The van der Waals surface area contributed by atoms with Crippen LogP contribution in [0, 0.1) is 5.92 Å². The monoisotopic (exact) mass is 130 g/mol. The molecule has 0 spiro atoms. The Morgan fingerprint density at radius 3 is 2.56 bits per heavy atom. The fourth-order valence-electron chi connectivity index (χ4n) is 1.24. The first-order valence-electron chi connectivity index (χ1n) is 3.41. The topological polar surface area (TPSA) is 29.5 Å². The van der Waals surface area contributed by atoms with Crippen molar-refractivity contribution >= 4 is 0 Å². The molecular formula is C7H14O2. The number of aliphatic hydroxyl groups excluding tert-OH is 1. The molecular weight excluding hydrogens is 116 g/mol. The molecule has 9 heavy (non-hydrogen) atoms. The summed E-state index contributed by atoms with van der Waals surface area (Å²) in [5.74, 6) is 0.345. The maximum atomic E-state index is 8.82. The largest absolute Gasteiger partial charge is 0.396 e. The van der Waals surface area contributed by atoms with Crippen molar-refractivity contribution in [1.82, 2.24) is 0 Å². The lowest BCUT2D eigenvalue weighted by molar-refractivity contribution is -0.00281. The van der Waals surface area contributed by atoms with E-state index in [0.29, 0.717) is 5.92 Å². The average Bonchev–Trinajstić information content (AvgIpc) is 2.08. The van der Waals surface area contributed by atoms with Crippen molar-refractivity contribution in [2.45, 2.75) is 25.9 Å². The minimum absolute atomic E-state index is 0.0885. The predicted molar refractivity (Wildman–Crippen MR) is 35.2 cm³/mol. The van der Waals surface area contributed by atoms with E-state index in [-0.39, 0.29) is 12.2 Å². The molecule has 1 rings (SSSR count). The second kappa shape index (κ2) is 2.27. The summed E-state index contributed by atoms with van der Waals surface area (Å²) >= 11 is 0. The Morgan fingerprint density at radius 1 is 1.67 bits per heavy atom. The van der Waals surface area contributed by atoms with Gasteiger partial charge in [0.1, 0.15) is 0 Å². The van der Waals surface area contributed by atoms with Gasteiger partial charge >= 0.3 is 0 Å². The molecule has 0 aromatic carbocycles. The van der Waals surface area contributed by atoms with Crippen LogP contribution in [0.25, 0.3) is 0 Å². The van der Waals surface area contributed by atoms with Crippen LogP contribution < -0.4 is 0 Å². The highest BCUT2D eigenvalue weighted by Crippen LogP contribution is 2.30. The van der Waals surface area contributed by atoms with Gasteiger partial charge in [-0.05, 0) is 20.3 Å². The minimum atomic E-state index is -0.0885. The lowest BCUT2D eigenvalue weighted by Gasteiger charge is -2.23. The van der Waals surface area contributed by atoms with E-state index in [9.17, 15) is 0 Å². The fraction of sp³-hybridized carbons (Fsp3) is 1.00. The summed E-state index contributed by atoms with van der Waals surface area (Å²) < 4.78 is 5.38. The number of rotatable bonds is 1. The Morgan fingerprint density at radius 2 is 2.33 bits per heavy atom. The zero-order chi connectivity index (χ0) is 6.91. The summed E-state index contributed by atoms with van der Waals surface area (Å²) in [5.41, 5.74) is -0.0885. The van der Waals surface area contributed by atoms with Gasteiger partial charge in [-0.25, -0.2) is 0 Å². The van der Waals surface area contributed by atoms with Gasteiger partial charge in [0.05, 0.1) is 5.60 Å². The van der Waals surface area contributed by atoms with E-state index in [1.807, 2.05) is 13.8 Å². The van der Waals surface area contributed by atoms with Crippen molar-refractivity contribution in [1.29, 1.82) is 0 Å². The zero-order valence-corrected chi connectivity index (χ0v) is 6.05. The molecule has 1 atom stereocenters. The molecule has 0 aliphatic carbocycles. The van der Waals surface area contributed by atoms with Gasteiger partial charge in [-0.15, -0.1) is 0 Å². The molecule has 0 aromatic rings. The van der Waals surface area contributed by atoms with Crippen LogP contribution in [0.1, 0.15) is 20.3 Å². The van der Waals surface area contributed by atoms with Crippen LogP contribution in [-0.4, -0.2) is 23.9 Å². The Labute approximate surface area is 55.8 Å². The molecule has 0 amide bonds. The van der Waals surface area contributed by atoms with Crippen LogP contribution in [0.2, 0.25) is 0 Å². The summed E-state index contributed by atoms with van der Waals surface area (Å²) in [4.78, 5) is 0. The summed E-state index contributed by atoms with van der Waals surface area (Å²) in [7, 11) is 0. The molecule has 1 aliphatic heterocycles. The summed E-state index contributed by atoms with van der Waals surface area (Å²) in [6.45, 7) is 5.12. The highest BCUT2D eigenvalue weighted by Gasteiger charge is 2.34. The Hall–Kier alpha value is -0.0800. The van der Waals surface area contributed by atoms with Gasteiger partial charge in [0.15, 0.2) is 0 Å². The van der Waals surface area contributed by atoms with Crippen molar-refractivity contribution < 1.29 is 9.84 Å². The molecule has 0 radical (unpaired) electrons. The molecule has 1 N–H and O–H groups in total. The second-order valence-corrected chi connectivity index (χ2v) is 3.12. The lowest BCUT2D eigenvalue weighted by atomic mass is 9.92. The van der Waals surface area contributed by atoms with Crippen molar-refractivity contribution in [3.05, 3.63) is 0 Å². The summed E-state index contributed by atoms with van der Waals surface area (Å²) in [6, 6.07) is 0. The summed E-state index contributed by atoms with van der Waals surface area (Å²) in [6.07, 6.45) is 1.00. The van der Waals surface area contributed by atoms with E-state index in [0.717, 1.165) is 13.0 Å². The van der Waals surface area contributed by atoms with E-state index < -0.39 is 0 Å². The third kappa shape index (κ3) is 1.25. The van der Waals surface area contributed by atoms with Crippen LogP contribution in [0.3, 0.4) is 0 Å². The Balaban J connectivity index is 2.52. The van der Waals surface area contributed by atoms with Crippen molar-refractivity contribution in [3.8, 4) is 0 Å². The van der Waals surface area contributed by atoms with Crippen LogP contribution >= 0.6 is 0 Å². The van der Waals surface area contributed by atoms with E-state index in [1.165, 1.54) is 0 Å². The van der Waals surface area contributed by atoms with Gasteiger partial charge in [-0.3, -0.25) is 0 Å². The molecule has 1 unspecified atom stereocenters. The van der Waals surface area contributed by atoms with E-state index in [1.54, 1.807) is 0 Å².